The zero-order valence-electron chi connectivity index (χ0n) is 5.48. The van der Waals surface area contributed by atoms with E-state index >= 15 is 0 Å². The van der Waals surface area contributed by atoms with Gasteiger partial charge in [-0.05, 0) is 25.7 Å². The molecule has 1 nitrogen and oxygen atoms in total. The lowest BCUT2D eigenvalue weighted by Crippen LogP contribution is -2.20. The molecule has 2 aliphatic heterocycles. The molecule has 1 N–H and O–H groups in total. The molecular weight excluding hydrogens is 110 g/mol. The second-order valence-corrected chi connectivity index (χ2v) is 3.40. The number of hydrogen-bond donors (Lipinski definition) is 1. The van der Waals surface area contributed by atoms with Crippen molar-refractivity contribution in [3.63, 3.8) is 0 Å². The predicted molar refractivity (Wildman–Crippen MR) is 36.2 cm³/mol. The zero-order chi connectivity index (χ0) is 5.84. The molecule has 2 atom stereocenters. The lowest BCUT2D eigenvalue weighted by atomic mass is 9.78. The summed E-state index contributed by atoms with van der Waals surface area (Å²) in [6.07, 6.45) is 5.65. The number of rotatable bonds is 0. The van der Waals surface area contributed by atoms with Crippen LogP contribution in [0.3, 0.4) is 0 Å². The van der Waals surface area contributed by atoms with Crippen molar-refractivity contribution < 1.29 is 0 Å². The van der Waals surface area contributed by atoms with E-state index in [2.05, 4.69) is 5.32 Å². The molecule has 2 bridgehead atoms. The number of hydrogen-bond acceptors (Lipinski definition) is 1. The maximum atomic E-state index is 3.62. The third-order valence-electron chi connectivity index (χ3n) is 3.06. The van der Waals surface area contributed by atoms with Crippen LogP contribution in [0.1, 0.15) is 25.7 Å². The fraction of sp³-hybridized carbons (Fsp3) is 0.750. The highest BCUT2D eigenvalue weighted by Crippen LogP contribution is 2.45. The molecule has 1 heteroatoms. The first-order valence-corrected chi connectivity index (χ1v) is 3.93. The van der Waals surface area contributed by atoms with Crippen LogP contribution in [0, 0.1) is 0 Å². The molecule has 1 fully saturated rings. The van der Waals surface area contributed by atoms with Crippen molar-refractivity contribution in [1.29, 1.82) is 0 Å². The summed E-state index contributed by atoms with van der Waals surface area (Å²) in [6.45, 7) is 0. The smallest absolute Gasteiger partial charge is 0.0289 e. The fourth-order valence-electron chi connectivity index (χ4n) is 2.50. The third-order valence-corrected chi connectivity index (χ3v) is 3.06. The van der Waals surface area contributed by atoms with Gasteiger partial charge in [-0.1, -0.05) is 11.1 Å². The molecule has 2 heterocycles. The van der Waals surface area contributed by atoms with E-state index in [9.17, 15) is 0 Å². The molecule has 3 rings (SSSR count). The summed E-state index contributed by atoms with van der Waals surface area (Å²) in [4.78, 5) is 0. The average Bonchev–Trinajstić information content (AvgIpc) is 2.18. The van der Waals surface area contributed by atoms with Gasteiger partial charge in [0.25, 0.3) is 0 Å². The van der Waals surface area contributed by atoms with E-state index in [1.807, 2.05) is 0 Å². The van der Waals surface area contributed by atoms with Crippen LogP contribution in [0.4, 0.5) is 0 Å². The van der Waals surface area contributed by atoms with Gasteiger partial charge in [0.05, 0.1) is 0 Å². The molecule has 2 unspecified atom stereocenters. The molecule has 1 aliphatic carbocycles. The SMILES string of the molecule is C1CC2=C1C1CCC2N1. The Morgan fingerprint density at radius 3 is 1.89 bits per heavy atom. The lowest BCUT2D eigenvalue weighted by Gasteiger charge is -2.25. The monoisotopic (exact) mass is 121 g/mol. The minimum atomic E-state index is 0.832. The Morgan fingerprint density at radius 1 is 1.00 bits per heavy atom. The van der Waals surface area contributed by atoms with E-state index in [1.165, 1.54) is 25.7 Å². The van der Waals surface area contributed by atoms with Crippen molar-refractivity contribution in [3.05, 3.63) is 11.1 Å². The highest BCUT2D eigenvalue weighted by molar-refractivity contribution is 5.41. The standard InChI is InChI=1S/C8H11N/c1-2-6-5(1)7-3-4-8(6)9-7/h7-9H,1-4H2. The van der Waals surface area contributed by atoms with E-state index in [0.29, 0.717) is 0 Å². The Kier molecular flexibility index (Phi) is 0.620. The molecule has 0 aromatic rings. The molecule has 3 aliphatic rings. The second-order valence-electron chi connectivity index (χ2n) is 3.40. The highest BCUT2D eigenvalue weighted by Gasteiger charge is 2.41. The van der Waals surface area contributed by atoms with Gasteiger partial charge in [0.15, 0.2) is 0 Å². The van der Waals surface area contributed by atoms with E-state index in [-0.39, 0.29) is 0 Å². The van der Waals surface area contributed by atoms with Crippen molar-refractivity contribution in [2.75, 3.05) is 0 Å². The van der Waals surface area contributed by atoms with Crippen LogP contribution in [-0.2, 0) is 0 Å². The van der Waals surface area contributed by atoms with Crippen LogP contribution in [0.5, 0.6) is 0 Å². The Hall–Kier alpha value is -0.300. The van der Waals surface area contributed by atoms with Gasteiger partial charge >= 0.3 is 0 Å². The molecule has 0 saturated carbocycles. The maximum Gasteiger partial charge on any atom is 0.0289 e. The van der Waals surface area contributed by atoms with E-state index in [1.54, 1.807) is 11.1 Å². The van der Waals surface area contributed by atoms with Crippen molar-refractivity contribution >= 4 is 0 Å². The Labute approximate surface area is 55.1 Å². The van der Waals surface area contributed by atoms with Crippen molar-refractivity contribution in [2.24, 2.45) is 0 Å². The highest BCUT2D eigenvalue weighted by atomic mass is 15.0. The minimum Gasteiger partial charge on any atom is -0.304 e. The number of fused-ring (bicyclic) bond motifs is 4. The molecule has 1 saturated heterocycles. The minimum absolute atomic E-state index is 0.832. The molecule has 0 aromatic heterocycles. The molecule has 9 heavy (non-hydrogen) atoms. The van der Waals surface area contributed by atoms with Crippen LogP contribution in [0.2, 0.25) is 0 Å². The molecule has 0 amide bonds. The van der Waals surface area contributed by atoms with Gasteiger partial charge in [0, 0.05) is 12.1 Å². The second kappa shape index (κ2) is 1.24. The third kappa shape index (κ3) is 0.379. The summed E-state index contributed by atoms with van der Waals surface area (Å²) in [7, 11) is 0. The first-order chi connectivity index (χ1) is 4.45. The number of nitrogens with one attached hydrogen (secondary N) is 1. The van der Waals surface area contributed by atoms with Gasteiger partial charge in [-0.15, -0.1) is 0 Å². The van der Waals surface area contributed by atoms with Gasteiger partial charge in [-0.2, -0.15) is 0 Å². The van der Waals surface area contributed by atoms with Crippen molar-refractivity contribution in [3.8, 4) is 0 Å². The quantitative estimate of drug-likeness (QED) is 0.475. The van der Waals surface area contributed by atoms with Gasteiger partial charge in [-0.3, -0.25) is 0 Å². The van der Waals surface area contributed by atoms with Gasteiger partial charge in [0.2, 0.25) is 0 Å². The van der Waals surface area contributed by atoms with Crippen LogP contribution < -0.4 is 5.32 Å². The molecule has 0 spiro atoms. The Bertz CT molecular complexity index is 173. The fourth-order valence-corrected chi connectivity index (χ4v) is 2.50. The van der Waals surface area contributed by atoms with Crippen molar-refractivity contribution in [1.82, 2.24) is 5.32 Å². The summed E-state index contributed by atoms with van der Waals surface area (Å²) in [6, 6.07) is 1.66. The molecule has 0 radical (unpaired) electrons. The first kappa shape index (κ1) is 4.51. The first-order valence-electron chi connectivity index (χ1n) is 3.93. The average molecular weight is 121 g/mol. The van der Waals surface area contributed by atoms with Gasteiger partial charge in [0.1, 0.15) is 0 Å². The van der Waals surface area contributed by atoms with Crippen molar-refractivity contribution in [2.45, 2.75) is 37.8 Å². The predicted octanol–water partition coefficient (Wildman–Crippen LogP) is 1.21. The summed E-state index contributed by atoms with van der Waals surface area (Å²) in [5.74, 6) is 0. The largest absolute Gasteiger partial charge is 0.304 e. The van der Waals surface area contributed by atoms with E-state index in [4.69, 9.17) is 0 Å². The summed E-state index contributed by atoms with van der Waals surface area (Å²) < 4.78 is 0. The van der Waals surface area contributed by atoms with Crippen LogP contribution >= 0.6 is 0 Å². The Balaban J connectivity index is 2.12. The molecule has 48 valence electrons. The summed E-state index contributed by atoms with van der Waals surface area (Å²) >= 11 is 0. The summed E-state index contributed by atoms with van der Waals surface area (Å²) in [5.41, 5.74) is 3.57. The van der Waals surface area contributed by atoms with Gasteiger partial charge < -0.3 is 5.32 Å². The van der Waals surface area contributed by atoms with Crippen LogP contribution in [0.15, 0.2) is 11.1 Å². The molecular formula is C8H11N. The zero-order valence-corrected chi connectivity index (χ0v) is 5.48. The Morgan fingerprint density at radius 2 is 1.56 bits per heavy atom. The lowest BCUT2D eigenvalue weighted by molar-refractivity contribution is 0.628. The van der Waals surface area contributed by atoms with Crippen LogP contribution in [0.25, 0.3) is 0 Å². The molecule has 0 aromatic carbocycles. The van der Waals surface area contributed by atoms with E-state index in [0.717, 1.165) is 12.1 Å². The topological polar surface area (TPSA) is 12.0 Å². The van der Waals surface area contributed by atoms with Gasteiger partial charge in [-0.25, -0.2) is 0 Å². The van der Waals surface area contributed by atoms with Crippen LogP contribution in [-0.4, -0.2) is 12.1 Å². The normalized spacial score (nSPS) is 45.3. The summed E-state index contributed by atoms with van der Waals surface area (Å²) in [5, 5.41) is 3.62. The van der Waals surface area contributed by atoms with E-state index < -0.39 is 0 Å². The maximum absolute atomic E-state index is 3.62.